The van der Waals surface area contributed by atoms with Crippen LogP contribution in [-0.4, -0.2) is 30.9 Å². The molecule has 0 aliphatic carbocycles. The first-order chi connectivity index (χ1) is 14.7. The summed E-state index contributed by atoms with van der Waals surface area (Å²) < 4.78 is 52.9. The molecule has 0 radical (unpaired) electrons. The molecular weight excluding hydrogens is 420 g/mol. The van der Waals surface area contributed by atoms with E-state index in [1.807, 2.05) is 0 Å². The van der Waals surface area contributed by atoms with Gasteiger partial charge in [-0.2, -0.15) is 13.2 Å². The van der Waals surface area contributed by atoms with Crippen molar-refractivity contribution in [3.8, 4) is 0 Å². The molecule has 1 amide bonds. The highest BCUT2D eigenvalue weighted by Gasteiger charge is 2.30. The third-order valence-electron chi connectivity index (χ3n) is 4.28. The minimum Gasteiger partial charge on any atom is -0.319 e. The van der Waals surface area contributed by atoms with Crippen molar-refractivity contribution < 1.29 is 22.4 Å². The molecule has 0 saturated carbocycles. The predicted octanol–water partition coefficient (Wildman–Crippen LogP) is 2.97. The molecule has 0 fully saturated rings. The van der Waals surface area contributed by atoms with Crippen molar-refractivity contribution in [2.75, 3.05) is 5.32 Å². The predicted molar refractivity (Wildman–Crippen MR) is 101 cm³/mol. The van der Waals surface area contributed by atoms with E-state index in [9.17, 15) is 27.2 Å². The van der Waals surface area contributed by atoms with Crippen molar-refractivity contribution in [3.63, 3.8) is 0 Å². The number of carbonyl (C=O) groups is 1. The Bertz CT molecular complexity index is 1330. The quantitative estimate of drug-likeness (QED) is 0.483. The normalized spacial score (nSPS) is 11.6. The summed E-state index contributed by atoms with van der Waals surface area (Å²) in [6.07, 6.45) is -4.58. The van der Waals surface area contributed by atoms with E-state index >= 15 is 0 Å². The van der Waals surface area contributed by atoms with Crippen molar-refractivity contribution in [3.05, 3.63) is 81.7 Å². The average molecular weight is 432 g/mol. The molecule has 0 aliphatic rings. The number of aromatic amines is 1. The molecule has 2 heterocycles. The van der Waals surface area contributed by atoms with Gasteiger partial charge < -0.3 is 10.3 Å². The Morgan fingerprint density at radius 2 is 1.87 bits per heavy atom. The Balaban J connectivity index is 1.64. The summed E-state index contributed by atoms with van der Waals surface area (Å²) in [5.41, 5.74) is -1.31. The Hall–Kier alpha value is -4.09. The smallest absolute Gasteiger partial charge is 0.319 e. The van der Waals surface area contributed by atoms with Gasteiger partial charge in [0.2, 0.25) is 5.82 Å². The second kappa shape index (κ2) is 7.63. The van der Waals surface area contributed by atoms with Crippen molar-refractivity contribution in [2.24, 2.45) is 0 Å². The van der Waals surface area contributed by atoms with Crippen molar-refractivity contribution in [1.82, 2.24) is 25.0 Å². The zero-order valence-corrected chi connectivity index (χ0v) is 15.4. The van der Waals surface area contributed by atoms with Gasteiger partial charge >= 0.3 is 6.18 Å². The molecule has 12 heteroatoms. The van der Waals surface area contributed by atoms with Crippen LogP contribution >= 0.6 is 0 Å². The minimum absolute atomic E-state index is 0.0118. The summed E-state index contributed by atoms with van der Waals surface area (Å²) in [5.74, 6) is -1.78. The van der Waals surface area contributed by atoms with Gasteiger partial charge in [-0.05, 0) is 35.9 Å². The molecule has 2 aromatic heterocycles. The SMILES string of the molecule is O=C(Nc1cccc(C(F)(F)F)c1)c1nc2c(nnn2Cc2ccc(F)cc2)c(=O)[nH]1. The number of benzene rings is 2. The summed E-state index contributed by atoms with van der Waals surface area (Å²) in [5, 5.41) is 9.83. The number of alkyl halides is 3. The zero-order chi connectivity index (χ0) is 22.2. The van der Waals surface area contributed by atoms with E-state index in [0.717, 1.165) is 18.2 Å². The Morgan fingerprint density at radius 3 is 2.58 bits per heavy atom. The van der Waals surface area contributed by atoms with Crippen LogP contribution in [0.1, 0.15) is 21.7 Å². The van der Waals surface area contributed by atoms with Gasteiger partial charge in [-0.3, -0.25) is 9.59 Å². The number of halogens is 4. The second-order valence-electron chi connectivity index (χ2n) is 6.49. The van der Waals surface area contributed by atoms with Gasteiger partial charge in [-0.1, -0.05) is 23.4 Å². The number of hydrogen-bond acceptors (Lipinski definition) is 5. The number of aromatic nitrogens is 5. The summed E-state index contributed by atoms with van der Waals surface area (Å²) >= 11 is 0. The Labute approximate surface area is 170 Å². The maximum atomic E-state index is 13.1. The number of carbonyl (C=O) groups excluding carboxylic acids is 1. The molecule has 0 aliphatic heterocycles. The molecule has 0 bridgehead atoms. The molecule has 4 rings (SSSR count). The molecule has 2 aromatic carbocycles. The molecule has 0 spiro atoms. The monoisotopic (exact) mass is 432 g/mol. The average Bonchev–Trinajstić information content (AvgIpc) is 3.12. The lowest BCUT2D eigenvalue weighted by Gasteiger charge is -2.09. The third-order valence-corrected chi connectivity index (χ3v) is 4.28. The van der Waals surface area contributed by atoms with Crippen LogP contribution in [0.2, 0.25) is 0 Å². The Morgan fingerprint density at radius 1 is 1.13 bits per heavy atom. The van der Waals surface area contributed by atoms with Crippen LogP contribution in [0, 0.1) is 5.82 Å². The van der Waals surface area contributed by atoms with Crippen molar-refractivity contribution >= 4 is 22.8 Å². The van der Waals surface area contributed by atoms with Crippen molar-refractivity contribution in [1.29, 1.82) is 0 Å². The van der Waals surface area contributed by atoms with E-state index < -0.39 is 34.8 Å². The van der Waals surface area contributed by atoms with Crippen LogP contribution in [0.4, 0.5) is 23.2 Å². The molecule has 4 aromatic rings. The fourth-order valence-corrected chi connectivity index (χ4v) is 2.81. The topological polar surface area (TPSA) is 106 Å². The van der Waals surface area contributed by atoms with Gasteiger partial charge in [0.25, 0.3) is 11.5 Å². The largest absolute Gasteiger partial charge is 0.416 e. The lowest BCUT2D eigenvalue weighted by molar-refractivity contribution is -0.137. The number of rotatable bonds is 4. The molecule has 158 valence electrons. The molecule has 31 heavy (non-hydrogen) atoms. The van der Waals surface area contributed by atoms with E-state index in [1.54, 1.807) is 0 Å². The number of nitrogens with zero attached hydrogens (tertiary/aromatic N) is 4. The molecule has 0 unspecified atom stereocenters. The van der Waals surface area contributed by atoms with E-state index in [0.29, 0.717) is 5.56 Å². The highest BCUT2D eigenvalue weighted by Crippen LogP contribution is 2.30. The standard InChI is InChI=1S/C19H12F4N6O2/c20-12-6-4-10(5-7-12)9-29-16-14(27-28-29)17(30)26-15(25-16)18(31)24-13-3-1-2-11(8-13)19(21,22)23/h1-8H,9H2,(H,24,31)(H,25,26,30). The molecule has 0 saturated heterocycles. The number of H-pyrrole nitrogens is 1. The molecule has 0 atom stereocenters. The second-order valence-corrected chi connectivity index (χ2v) is 6.49. The van der Waals surface area contributed by atoms with E-state index in [1.165, 1.54) is 35.0 Å². The van der Waals surface area contributed by atoms with Crippen LogP contribution in [0.25, 0.3) is 11.2 Å². The van der Waals surface area contributed by atoms with Crippen LogP contribution in [0.5, 0.6) is 0 Å². The lowest BCUT2D eigenvalue weighted by atomic mass is 10.2. The molecule has 8 nitrogen and oxygen atoms in total. The fourth-order valence-electron chi connectivity index (χ4n) is 2.81. The zero-order valence-electron chi connectivity index (χ0n) is 15.4. The van der Waals surface area contributed by atoms with Gasteiger partial charge in [0.15, 0.2) is 11.2 Å². The summed E-state index contributed by atoms with van der Waals surface area (Å²) in [6, 6.07) is 9.56. The van der Waals surface area contributed by atoms with E-state index in [-0.39, 0.29) is 23.4 Å². The van der Waals surface area contributed by atoms with Crippen LogP contribution < -0.4 is 10.9 Å². The highest BCUT2D eigenvalue weighted by molar-refractivity contribution is 6.02. The van der Waals surface area contributed by atoms with Gasteiger partial charge in [0.05, 0.1) is 12.1 Å². The summed E-state index contributed by atoms with van der Waals surface area (Å²) in [6.45, 7) is 0.0991. The van der Waals surface area contributed by atoms with Crippen LogP contribution in [0.3, 0.4) is 0 Å². The lowest BCUT2D eigenvalue weighted by Crippen LogP contribution is -2.22. The Kier molecular flexibility index (Phi) is 4.97. The van der Waals surface area contributed by atoms with Gasteiger partial charge in [0.1, 0.15) is 5.82 Å². The van der Waals surface area contributed by atoms with Gasteiger partial charge in [-0.25, -0.2) is 14.1 Å². The number of fused-ring (bicyclic) bond motifs is 1. The number of anilines is 1. The highest BCUT2D eigenvalue weighted by atomic mass is 19.4. The third kappa shape index (κ3) is 4.27. The minimum atomic E-state index is -4.58. The number of nitrogens with one attached hydrogen (secondary N) is 2. The first-order valence-electron chi connectivity index (χ1n) is 8.77. The number of hydrogen-bond donors (Lipinski definition) is 2. The van der Waals surface area contributed by atoms with Gasteiger partial charge in [-0.15, -0.1) is 5.10 Å². The maximum absolute atomic E-state index is 13.1. The van der Waals surface area contributed by atoms with Crippen molar-refractivity contribution in [2.45, 2.75) is 12.7 Å². The van der Waals surface area contributed by atoms with E-state index in [4.69, 9.17) is 0 Å². The van der Waals surface area contributed by atoms with E-state index in [2.05, 4.69) is 25.6 Å². The summed E-state index contributed by atoms with van der Waals surface area (Å²) in [7, 11) is 0. The maximum Gasteiger partial charge on any atom is 0.416 e. The fraction of sp³-hybridized carbons (Fsp3) is 0.105. The molecule has 2 N–H and O–H groups in total. The number of amides is 1. The molecular formula is C19H12F4N6O2. The summed E-state index contributed by atoms with van der Waals surface area (Å²) in [4.78, 5) is 31.0. The first kappa shape index (κ1) is 20.2. The van der Waals surface area contributed by atoms with Gasteiger partial charge in [0, 0.05) is 5.69 Å². The first-order valence-corrected chi connectivity index (χ1v) is 8.77. The van der Waals surface area contributed by atoms with Crippen LogP contribution in [0.15, 0.2) is 53.3 Å². The van der Waals surface area contributed by atoms with Crippen LogP contribution in [-0.2, 0) is 12.7 Å².